The SMILES string of the molecule is CC(C)CCN1C(=O)CCc2cc(NS(=O)(=O)Cc3ccc(F)cc3)ccc21. The van der Waals surface area contributed by atoms with Crippen LogP contribution in [0.4, 0.5) is 15.8 Å². The molecule has 0 spiro atoms. The summed E-state index contributed by atoms with van der Waals surface area (Å²) in [5, 5.41) is 0. The maximum atomic E-state index is 13.0. The fraction of sp³-hybridized carbons (Fsp3) is 0.381. The Hall–Kier alpha value is -2.41. The maximum absolute atomic E-state index is 13.0. The average molecular weight is 405 g/mol. The number of benzene rings is 2. The lowest BCUT2D eigenvalue weighted by Crippen LogP contribution is -2.36. The third-order valence-electron chi connectivity index (χ3n) is 4.75. The Labute approximate surface area is 165 Å². The third-order valence-corrected chi connectivity index (χ3v) is 6.01. The van der Waals surface area contributed by atoms with Crippen LogP contribution in [0.3, 0.4) is 0 Å². The van der Waals surface area contributed by atoms with Crippen molar-refractivity contribution in [3.8, 4) is 0 Å². The van der Waals surface area contributed by atoms with E-state index in [-0.39, 0.29) is 11.7 Å². The van der Waals surface area contributed by atoms with Crippen LogP contribution in [0.1, 0.15) is 37.8 Å². The van der Waals surface area contributed by atoms with E-state index in [4.69, 9.17) is 0 Å². The van der Waals surface area contributed by atoms with Crippen LogP contribution in [0.5, 0.6) is 0 Å². The van der Waals surface area contributed by atoms with E-state index in [0.29, 0.717) is 36.6 Å². The average Bonchev–Trinajstić information content (AvgIpc) is 2.62. The number of amides is 1. The van der Waals surface area contributed by atoms with Crippen LogP contribution in [-0.4, -0.2) is 20.9 Å². The highest BCUT2D eigenvalue weighted by molar-refractivity contribution is 7.91. The van der Waals surface area contributed by atoms with Crippen molar-refractivity contribution in [1.82, 2.24) is 0 Å². The molecule has 2 aromatic carbocycles. The first-order valence-electron chi connectivity index (χ1n) is 9.42. The molecule has 0 aromatic heterocycles. The summed E-state index contributed by atoms with van der Waals surface area (Å²) in [6.45, 7) is 4.90. The molecule has 28 heavy (non-hydrogen) atoms. The fourth-order valence-corrected chi connectivity index (χ4v) is 4.46. The van der Waals surface area contributed by atoms with E-state index in [1.54, 1.807) is 17.0 Å². The molecule has 0 bridgehead atoms. The standard InChI is InChI=1S/C21H25FN2O3S/c1-15(2)11-12-24-20-9-8-19(13-17(20)5-10-21(24)25)23-28(26,27)14-16-3-6-18(22)7-4-16/h3-4,6-9,13,15,23H,5,10-12,14H2,1-2H3. The fourth-order valence-electron chi connectivity index (χ4n) is 3.27. The molecule has 0 saturated carbocycles. The van der Waals surface area contributed by atoms with E-state index in [2.05, 4.69) is 18.6 Å². The summed E-state index contributed by atoms with van der Waals surface area (Å²) >= 11 is 0. The highest BCUT2D eigenvalue weighted by atomic mass is 32.2. The molecule has 150 valence electrons. The van der Waals surface area contributed by atoms with Crippen molar-refractivity contribution < 1.29 is 17.6 Å². The van der Waals surface area contributed by atoms with Crippen molar-refractivity contribution in [2.75, 3.05) is 16.2 Å². The van der Waals surface area contributed by atoms with Crippen LogP contribution in [0.25, 0.3) is 0 Å². The van der Waals surface area contributed by atoms with Gasteiger partial charge in [0.1, 0.15) is 5.82 Å². The van der Waals surface area contributed by atoms with Gasteiger partial charge in [0.05, 0.1) is 5.75 Å². The molecule has 3 rings (SSSR count). The van der Waals surface area contributed by atoms with Gasteiger partial charge < -0.3 is 4.90 Å². The van der Waals surface area contributed by atoms with Crippen molar-refractivity contribution in [2.24, 2.45) is 5.92 Å². The lowest BCUT2D eigenvalue weighted by molar-refractivity contribution is -0.118. The van der Waals surface area contributed by atoms with E-state index in [1.807, 2.05) is 6.07 Å². The summed E-state index contributed by atoms with van der Waals surface area (Å²) < 4.78 is 40.5. The van der Waals surface area contributed by atoms with Gasteiger partial charge in [-0.05, 0) is 60.2 Å². The number of rotatable bonds is 7. The zero-order valence-corrected chi connectivity index (χ0v) is 16.9. The van der Waals surface area contributed by atoms with Crippen LogP contribution in [0.2, 0.25) is 0 Å². The molecule has 0 radical (unpaired) electrons. The smallest absolute Gasteiger partial charge is 0.236 e. The molecule has 1 N–H and O–H groups in total. The molecule has 0 aliphatic carbocycles. The molecule has 2 aromatic rings. The largest absolute Gasteiger partial charge is 0.312 e. The van der Waals surface area contributed by atoms with E-state index < -0.39 is 15.8 Å². The lowest BCUT2D eigenvalue weighted by Gasteiger charge is -2.30. The summed E-state index contributed by atoms with van der Waals surface area (Å²) in [6, 6.07) is 10.7. The predicted molar refractivity (Wildman–Crippen MR) is 109 cm³/mol. The summed E-state index contributed by atoms with van der Waals surface area (Å²) in [4.78, 5) is 14.1. The highest BCUT2D eigenvalue weighted by Crippen LogP contribution is 2.31. The third kappa shape index (κ3) is 5.10. The Kier molecular flexibility index (Phi) is 6.03. The number of hydrogen-bond donors (Lipinski definition) is 1. The van der Waals surface area contributed by atoms with Gasteiger partial charge in [-0.3, -0.25) is 9.52 Å². The summed E-state index contributed by atoms with van der Waals surface area (Å²) in [6.07, 6.45) is 1.94. The number of sulfonamides is 1. The minimum Gasteiger partial charge on any atom is -0.312 e. The van der Waals surface area contributed by atoms with Gasteiger partial charge in [0, 0.05) is 24.3 Å². The van der Waals surface area contributed by atoms with Gasteiger partial charge in [0.2, 0.25) is 15.9 Å². The number of anilines is 2. The Morgan fingerprint density at radius 1 is 1.11 bits per heavy atom. The molecule has 1 aliphatic rings. The van der Waals surface area contributed by atoms with Crippen molar-refractivity contribution >= 4 is 27.3 Å². The van der Waals surface area contributed by atoms with Crippen LogP contribution >= 0.6 is 0 Å². The molecule has 1 heterocycles. The quantitative estimate of drug-likeness (QED) is 0.756. The monoisotopic (exact) mass is 404 g/mol. The molecule has 7 heteroatoms. The summed E-state index contributed by atoms with van der Waals surface area (Å²) in [7, 11) is -3.63. The van der Waals surface area contributed by atoms with Gasteiger partial charge in [0.25, 0.3) is 0 Å². The predicted octanol–water partition coefficient (Wildman–Crippen LogP) is 4.09. The number of nitrogens with one attached hydrogen (secondary N) is 1. The minimum absolute atomic E-state index is 0.109. The molecule has 0 fully saturated rings. The highest BCUT2D eigenvalue weighted by Gasteiger charge is 2.24. The molecule has 5 nitrogen and oxygen atoms in total. The molecular formula is C21H25FN2O3S. The Morgan fingerprint density at radius 2 is 1.82 bits per heavy atom. The first-order chi connectivity index (χ1) is 13.2. The van der Waals surface area contributed by atoms with Crippen LogP contribution in [-0.2, 0) is 27.0 Å². The van der Waals surface area contributed by atoms with Gasteiger partial charge in [-0.2, -0.15) is 0 Å². The van der Waals surface area contributed by atoms with Crippen LogP contribution < -0.4 is 9.62 Å². The van der Waals surface area contributed by atoms with Crippen molar-refractivity contribution in [1.29, 1.82) is 0 Å². The van der Waals surface area contributed by atoms with Crippen LogP contribution in [0.15, 0.2) is 42.5 Å². The molecular weight excluding hydrogens is 379 g/mol. The number of halogens is 1. The Morgan fingerprint density at radius 3 is 2.50 bits per heavy atom. The topological polar surface area (TPSA) is 66.5 Å². The molecule has 1 amide bonds. The second kappa shape index (κ2) is 8.31. The van der Waals surface area contributed by atoms with Gasteiger partial charge >= 0.3 is 0 Å². The zero-order valence-electron chi connectivity index (χ0n) is 16.1. The van der Waals surface area contributed by atoms with Crippen molar-refractivity contribution in [3.05, 3.63) is 59.4 Å². The number of nitrogens with zero attached hydrogens (tertiary/aromatic N) is 1. The minimum atomic E-state index is -3.63. The number of hydrogen-bond acceptors (Lipinski definition) is 3. The second-order valence-corrected chi connectivity index (χ2v) is 9.28. The summed E-state index contributed by atoms with van der Waals surface area (Å²) in [5.41, 5.74) is 2.81. The first-order valence-corrected chi connectivity index (χ1v) is 11.1. The van der Waals surface area contributed by atoms with Crippen LogP contribution in [0, 0.1) is 11.7 Å². The van der Waals surface area contributed by atoms with E-state index >= 15 is 0 Å². The Balaban J connectivity index is 1.75. The first kappa shape index (κ1) is 20.3. The Bertz CT molecular complexity index is 956. The second-order valence-electron chi connectivity index (χ2n) is 7.56. The van der Waals surface area contributed by atoms with Crippen molar-refractivity contribution in [2.45, 2.75) is 38.9 Å². The summed E-state index contributed by atoms with van der Waals surface area (Å²) in [5.74, 6) is -0.0301. The van der Waals surface area contributed by atoms with Crippen molar-refractivity contribution in [3.63, 3.8) is 0 Å². The van der Waals surface area contributed by atoms with E-state index in [0.717, 1.165) is 17.7 Å². The van der Waals surface area contributed by atoms with E-state index in [1.165, 1.54) is 24.3 Å². The maximum Gasteiger partial charge on any atom is 0.236 e. The molecule has 0 atom stereocenters. The van der Waals surface area contributed by atoms with Gasteiger partial charge in [-0.1, -0.05) is 26.0 Å². The molecule has 1 aliphatic heterocycles. The van der Waals surface area contributed by atoms with Gasteiger partial charge in [-0.25, -0.2) is 12.8 Å². The molecule has 0 saturated heterocycles. The normalized spacial score (nSPS) is 14.3. The lowest BCUT2D eigenvalue weighted by atomic mass is 9.99. The van der Waals surface area contributed by atoms with Gasteiger partial charge in [-0.15, -0.1) is 0 Å². The number of carbonyl (C=O) groups is 1. The van der Waals surface area contributed by atoms with Gasteiger partial charge in [0.15, 0.2) is 0 Å². The zero-order chi connectivity index (χ0) is 20.3. The number of carbonyl (C=O) groups excluding carboxylic acids is 1. The molecule has 0 unspecified atom stereocenters. The number of fused-ring (bicyclic) bond motifs is 1. The van der Waals surface area contributed by atoms with E-state index in [9.17, 15) is 17.6 Å². The number of aryl methyl sites for hydroxylation is 1.